The van der Waals surface area contributed by atoms with Crippen LogP contribution in [0.5, 0.6) is 0 Å². The monoisotopic (exact) mass is 315 g/mol. The van der Waals surface area contributed by atoms with Crippen LogP contribution in [-0.2, 0) is 4.74 Å². The van der Waals surface area contributed by atoms with Crippen molar-refractivity contribution in [2.45, 2.75) is 6.92 Å². The molecule has 0 unspecified atom stereocenters. The van der Waals surface area contributed by atoms with Gasteiger partial charge in [0.1, 0.15) is 0 Å². The zero-order valence-electron chi connectivity index (χ0n) is 13.4. The van der Waals surface area contributed by atoms with Gasteiger partial charge in [-0.15, -0.1) is 0 Å². The minimum absolute atomic E-state index is 0.288. The van der Waals surface area contributed by atoms with Gasteiger partial charge in [0.05, 0.1) is 17.9 Å². The van der Waals surface area contributed by atoms with Crippen molar-refractivity contribution < 1.29 is 9.53 Å². The van der Waals surface area contributed by atoms with Gasteiger partial charge in [0.2, 0.25) is 0 Å². The van der Waals surface area contributed by atoms with Crippen LogP contribution in [0.15, 0.2) is 60.7 Å². The third kappa shape index (κ3) is 3.09. The van der Waals surface area contributed by atoms with E-state index in [1.165, 1.54) is 0 Å². The highest BCUT2D eigenvalue weighted by molar-refractivity contribution is 6.08. The predicted octanol–water partition coefficient (Wildman–Crippen LogP) is 4.00. The summed E-state index contributed by atoms with van der Waals surface area (Å²) >= 11 is 0. The summed E-state index contributed by atoms with van der Waals surface area (Å²) in [5.41, 5.74) is 8.44. The maximum atomic E-state index is 12.4. The van der Waals surface area contributed by atoms with Crippen molar-refractivity contribution >= 4 is 22.4 Å². The average molecular weight is 315 g/mol. The number of rotatable bonds is 2. The van der Waals surface area contributed by atoms with Crippen molar-refractivity contribution in [1.29, 1.82) is 0 Å². The van der Waals surface area contributed by atoms with Crippen LogP contribution in [0.1, 0.15) is 28.4 Å². The topological polar surface area (TPSA) is 52.3 Å². The van der Waals surface area contributed by atoms with Crippen LogP contribution in [0.2, 0.25) is 0 Å². The van der Waals surface area contributed by atoms with Crippen LogP contribution in [0.4, 0.5) is 5.69 Å². The van der Waals surface area contributed by atoms with Crippen molar-refractivity contribution in [3.63, 3.8) is 0 Å². The maximum absolute atomic E-state index is 12.4. The van der Waals surface area contributed by atoms with E-state index in [0.717, 1.165) is 16.3 Å². The molecule has 0 radical (unpaired) electrons. The standard InChI is InChI=1S/C21H17NO2/c1-2-24-21(23)19-17(13-12-15-8-4-3-5-9-15)14-16-10-6-7-11-18(16)20(19)22/h3-11,14H,2,22H2,1H3. The van der Waals surface area contributed by atoms with E-state index in [1.807, 2.05) is 60.7 Å². The normalized spacial score (nSPS) is 10.0. The number of carbonyl (C=O) groups excluding carboxylic acids is 1. The molecule has 118 valence electrons. The zero-order valence-corrected chi connectivity index (χ0v) is 13.4. The Kier molecular flexibility index (Phi) is 4.49. The number of esters is 1. The Balaban J connectivity index is 2.20. The van der Waals surface area contributed by atoms with Gasteiger partial charge < -0.3 is 10.5 Å². The van der Waals surface area contributed by atoms with E-state index < -0.39 is 5.97 Å². The summed E-state index contributed by atoms with van der Waals surface area (Å²) in [6, 6.07) is 19.2. The molecule has 0 aliphatic heterocycles. The van der Waals surface area contributed by atoms with E-state index in [1.54, 1.807) is 6.92 Å². The van der Waals surface area contributed by atoms with E-state index in [2.05, 4.69) is 11.8 Å². The summed E-state index contributed by atoms with van der Waals surface area (Å²) in [6.45, 7) is 2.06. The number of hydrogen-bond acceptors (Lipinski definition) is 3. The minimum Gasteiger partial charge on any atom is -0.462 e. The van der Waals surface area contributed by atoms with Gasteiger partial charge in [-0.3, -0.25) is 0 Å². The number of hydrogen-bond donors (Lipinski definition) is 1. The highest BCUT2D eigenvalue weighted by atomic mass is 16.5. The van der Waals surface area contributed by atoms with Gasteiger partial charge in [0.25, 0.3) is 0 Å². The summed E-state index contributed by atoms with van der Waals surface area (Å²) in [4.78, 5) is 12.4. The van der Waals surface area contributed by atoms with Crippen LogP contribution < -0.4 is 5.73 Å². The third-order valence-electron chi connectivity index (χ3n) is 3.68. The molecule has 0 aliphatic carbocycles. The number of fused-ring (bicyclic) bond motifs is 1. The Morgan fingerprint density at radius 3 is 2.50 bits per heavy atom. The fraction of sp³-hybridized carbons (Fsp3) is 0.0952. The van der Waals surface area contributed by atoms with Gasteiger partial charge in [-0.05, 0) is 30.5 Å². The lowest BCUT2D eigenvalue weighted by molar-refractivity contribution is 0.0527. The van der Waals surface area contributed by atoms with Crippen LogP contribution in [0, 0.1) is 11.8 Å². The summed E-state index contributed by atoms with van der Waals surface area (Å²) in [5.74, 6) is 5.70. The Hall–Kier alpha value is -3.25. The number of carbonyl (C=O) groups is 1. The third-order valence-corrected chi connectivity index (χ3v) is 3.68. The second-order valence-corrected chi connectivity index (χ2v) is 5.27. The highest BCUT2D eigenvalue weighted by Crippen LogP contribution is 2.28. The van der Waals surface area contributed by atoms with Gasteiger partial charge in [0, 0.05) is 16.5 Å². The lowest BCUT2D eigenvalue weighted by atomic mass is 9.98. The Morgan fingerprint density at radius 1 is 1.04 bits per heavy atom. The molecule has 0 amide bonds. The van der Waals surface area contributed by atoms with E-state index in [-0.39, 0.29) is 6.61 Å². The molecule has 3 aromatic carbocycles. The molecule has 0 heterocycles. The van der Waals surface area contributed by atoms with E-state index in [4.69, 9.17) is 10.5 Å². The quantitative estimate of drug-likeness (QED) is 0.442. The Labute approximate surface area is 141 Å². The molecule has 3 aromatic rings. The molecule has 0 bridgehead atoms. The summed E-state index contributed by atoms with van der Waals surface area (Å²) in [5, 5.41) is 1.77. The van der Waals surface area contributed by atoms with Crippen LogP contribution in [0.25, 0.3) is 10.8 Å². The molecule has 0 fully saturated rings. The lowest BCUT2D eigenvalue weighted by Crippen LogP contribution is -2.11. The number of ether oxygens (including phenoxy) is 1. The van der Waals surface area contributed by atoms with Crippen molar-refractivity contribution in [1.82, 2.24) is 0 Å². The minimum atomic E-state index is -0.446. The molecule has 2 N–H and O–H groups in total. The largest absolute Gasteiger partial charge is 0.462 e. The first-order chi connectivity index (χ1) is 11.7. The van der Waals surface area contributed by atoms with Crippen LogP contribution >= 0.6 is 0 Å². The first-order valence-electron chi connectivity index (χ1n) is 7.76. The Morgan fingerprint density at radius 2 is 1.75 bits per heavy atom. The van der Waals surface area contributed by atoms with Gasteiger partial charge in [-0.1, -0.05) is 54.3 Å². The second kappa shape index (κ2) is 6.89. The van der Waals surface area contributed by atoms with Crippen molar-refractivity contribution in [3.05, 3.63) is 77.4 Å². The highest BCUT2D eigenvalue weighted by Gasteiger charge is 2.18. The van der Waals surface area contributed by atoms with Gasteiger partial charge in [-0.2, -0.15) is 0 Å². The Bertz CT molecular complexity index is 950. The summed E-state index contributed by atoms with van der Waals surface area (Å²) in [6.07, 6.45) is 0. The first kappa shape index (κ1) is 15.6. The molecule has 0 spiro atoms. The van der Waals surface area contributed by atoms with Crippen LogP contribution in [-0.4, -0.2) is 12.6 Å². The van der Waals surface area contributed by atoms with Crippen molar-refractivity contribution in [2.75, 3.05) is 12.3 Å². The van der Waals surface area contributed by atoms with Crippen molar-refractivity contribution in [3.8, 4) is 11.8 Å². The molecule has 0 atom stereocenters. The average Bonchev–Trinajstić information content (AvgIpc) is 2.61. The van der Waals surface area contributed by atoms with Crippen LogP contribution in [0.3, 0.4) is 0 Å². The van der Waals surface area contributed by atoms with E-state index in [9.17, 15) is 4.79 Å². The molecule has 0 aromatic heterocycles. The van der Waals surface area contributed by atoms with Gasteiger partial charge in [-0.25, -0.2) is 4.79 Å². The van der Waals surface area contributed by atoms with Gasteiger partial charge >= 0.3 is 5.97 Å². The second-order valence-electron chi connectivity index (χ2n) is 5.27. The summed E-state index contributed by atoms with van der Waals surface area (Å²) < 4.78 is 5.16. The van der Waals surface area contributed by atoms with E-state index >= 15 is 0 Å². The number of nitrogen functional groups attached to an aromatic ring is 1. The SMILES string of the molecule is CCOC(=O)c1c(C#Cc2ccccc2)cc2ccccc2c1N. The first-order valence-corrected chi connectivity index (χ1v) is 7.76. The zero-order chi connectivity index (χ0) is 16.9. The molecule has 3 rings (SSSR count). The summed E-state index contributed by atoms with van der Waals surface area (Å²) in [7, 11) is 0. The predicted molar refractivity (Wildman–Crippen MR) is 96.7 cm³/mol. The molecular weight excluding hydrogens is 298 g/mol. The molecule has 0 saturated carbocycles. The maximum Gasteiger partial charge on any atom is 0.341 e. The fourth-order valence-corrected chi connectivity index (χ4v) is 2.56. The number of benzene rings is 3. The number of nitrogens with two attached hydrogens (primary N) is 1. The molecule has 3 heteroatoms. The molecule has 0 saturated heterocycles. The smallest absolute Gasteiger partial charge is 0.341 e. The lowest BCUT2D eigenvalue weighted by Gasteiger charge is -2.11. The number of anilines is 1. The molecule has 0 aliphatic rings. The van der Waals surface area contributed by atoms with Crippen molar-refractivity contribution in [2.24, 2.45) is 0 Å². The van der Waals surface area contributed by atoms with E-state index in [0.29, 0.717) is 16.8 Å². The molecule has 3 nitrogen and oxygen atoms in total. The fourth-order valence-electron chi connectivity index (χ4n) is 2.56. The molecular formula is C21H17NO2. The van der Waals surface area contributed by atoms with Gasteiger partial charge in [0.15, 0.2) is 0 Å². The molecule has 24 heavy (non-hydrogen) atoms.